The molecule has 28 heavy (non-hydrogen) atoms. The third-order valence-electron chi connectivity index (χ3n) is 5.58. The molecule has 3 heterocycles. The highest BCUT2D eigenvalue weighted by Crippen LogP contribution is 2.29. The fourth-order valence-electron chi connectivity index (χ4n) is 4.21. The van der Waals surface area contributed by atoms with Crippen LogP contribution in [0.25, 0.3) is 10.9 Å². The largest absolute Gasteiger partial charge is 0.387 e. The van der Waals surface area contributed by atoms with Crippen molar-refractivity contribution in [1.82, 2.24) is 19.9 Å². The van der Waals surface area contributed by atoms with Gasteiger partial charge in [0.1, 0.15) is 0 Å². The number of benzene rings is 1. The molecule has 1 atom stereocenters. The predicted octanol–water partition coefficient (Wildman–Crippen LogP) is 3.05. The molecule has 0 bridgehead atoms. The number of aliphatic hydroxyl groups excluding tert-OH is 1. The van der Waals surface area contributed by atoms with Crippen molar-refractivity contribution in [2.24, 2.45) is 0 Å². The molecular weight excluding hydrogens is 350 g/mol. The van der Waals surface area contributed by atoms with E-state index in [1.165, 1.54) is 5.56 Å². The number of aryl methyl sites for hydroxylation is 4. The first kappa shape index (κ1) is 18.9. The topological polar surface area (TPSA) is 68.3 Å². The molecule has 4 rings (SSSR count). The van der Waals surface area contributed by atoms with Gasteiger partial charge in [0.15, 0.2) is 0 Å². The second-order valence-corrected chi connectivity index (χ2v) is 7.97. The van der Waals surface area contributed by atoms with Crippen molar-refractivity contribution in [3.63, 3.8) is 0 Å². The van der Waals surface area contributed by atoms with E-state index in [9.17, 15) is 5.11 Å². The van der Waals surface area contributed by atoms with Gasteiger partial charge in [-0.05, 0) is 45.4 Å². The van der Waals surface area contributed by atoms with Crippen LogP contribution in [0.3, 0.4) is 0 Å². The molecule has 148 valence electrons. The van der Waals surface area contributed by atoms with Crippen molar-refractivity contribution in [3.05, 3.63) is 52.5 Å². The van der Waals surface area contributed by atoms with Gasteiger partial charge in [0, 0.05) is 66.3 Å². The smallest absolute Gasteiger partial charge is 0.225 e. The molecule has 0 spiro atoms. The molecule has 0 radical (unpaired) electrons. The first-order valence-corrected chi connectivity index (χ1v) is 9.97. The maximum Gasteiger partial charge on any atom is 0.225 e. The van der Waals surface area contributed by atoms with Crippen molar-refractivity contribution >= 4 is 16.9 Å². The molecule has 3 aromatic rings. The highest BCUT2D eigenvalue weighted by Gasteiger charge is 2.24. The molecule has 6 heteroatoms. The number of nitrogens with one attached hydrogen (secondary N) is 1. The van der Waals surface area contributed by atoms with E-state index in [4.69, 9.17) is 0 Å². The quantitative estimate of drug-likeness (QED) is 0.729. The monoisotopic (exact) mass is 379 g/mol. The normalized spacial score (nSPS) is 16.7. The lowest BCUT2D eigenvalue weighted by molar-refractivity contribution is 0.110. The summed E-state index contributed by atoms with van der Waals surface area (Å²) in [6.07, 6.45) is -0.500. The maximum atomic E-state index is 11.0. The summed E-state index contributed by atoms with van der Waals surface area (Å²) in [5.74, 6) is 0.820. The SMILES string of the molecule is Cc1ccc2c(C(O)CN3CCN(c4nc(C)cc(C)n4)CC3)c(C)[nH]c2c1. The number of fused-ring (bicyclic) bond motifs is 1. The minimum atomic E-state index is -0.500. The standard InChI is InChI=1S/C22H29N5O/c1-14-5-6-18-19(11-14)25-17(4)21(18)20(28)13-26-7-9-27(10-8-26)22-23-15(2)12-16(3)24-22/h5-6,11-12,20,25,28H,7-10,13H2,1-4H3. The van der Waals surface area contributed by atoms with Gasteiger partial charge in [0.2, 0.25) is 5.95 Å². The second-order valence-electron chi connectivity index (χ2n) is 7.97. The number of β-amino-alcohol motifs (C(OH)–C–C–N with tert-alkyl or cyclic N) is 1. The van der Waals surface area contributed by atoms with Crippen LogP contribution in [0.1, 0.15) is 34.3 Å². The van der Waals surface area contributed by atoms with E-state index >= 15 is 0 Å². The van der Waals surface area contributed by atoms with Crippen LogP contribution in [0, 0.1) is 27.7 Å². The molecule has 1 aliphatic rings. The summed E-state index contributed by atoms with van der Waals surface area (Å²) < 4.78 is 0. The Balaban J connectivity index is 1.43. The summed E-state index contributed by atoms with van der Waals surface area (Å²) in [6.45, 7) is 12.3. The fourth-order valence-corrected chi connectivity index (χ4v) is 4.21. The van der Waals surface area contributed by atoms with E-state index in [2.05, 4.69) is 49.9 Å². The number of aromatic amines is 1. The number of nitrogens with zero attached hydrogens (tertiary/aromatic N) is 4. The number of H-pyrrole nitrogens is 1. The lowest BCUT2D eigenvalue weighted by Gasteiger charge is -2.35. The van der Waals surface area contributed by atoms with Crippen LogP contribution in [0.15, 0.2) is 24.3 Å². The van der Waals surface area contributed by atoms with Crippen LogP contribution >= 0.6 is 0 Å². The number of hydrogen-bond donors (Lipinski definition) is 2. The number of aliphatic hydroxyl groups is 1. The molecule has 2 N–H and O–H groups in total. The first-order valence-electron chi connectivity index (χ1n) is 9.97. The first-order chi connectivity index (χ1) is 13.4. The molecule has 6 nitrogen and oxygen atoms in total. The summed E-state index contributed by atoms with van der Waals surface area (Å²) in [5.41, 5.74) is 6.41. The van der Waals surface area contributed by atoms with Gasteiger partial charge in [0.25, 0.3) is 0 Å². The Hall–Kier alpha value is -2.44. The fraction of sp³-hybridized carbons (Fsp3) is 0.455. The van der Waals surface area contributed by atoms with Gasteiger partial charge in [-0.3, -0.25) is 4.90 Å². The van der Waals surface area contributed by atoms with Crippen LogP contribution in [0.2, 0.25) is 0 Å². The summed E-state index contributed by atoms with van der Waals surface area (Å²) in [6, 6.07) is 8.36. The maximum absolute atomic E-state index is 11.0. The van der Waals surface area contributed by atoms with Crippen molar-refractivity contribution in [2.75, 3.05) is 37.6 Å². The lowest BCUT2D eigenvalue weighted by atomic mass is 10.0. The van der Waals surface area contributed by atoms with E-state index < -0.39 is 6.10 Å². The third-order valence-corrected chi connectivity index (χ3v) is 5.58. The summed E-state index contributed by atoms with van der Waals surface area (Å²) in [4.78, 5) is 17.2. The lowest BCUT2D eigenvalue weighted by Crippen LogP contribution is -2.48. The zero-order valence-electron chi connectivity index (χ0n) is 17.2. The van der Waals surface area contributed by atoms with Gasteiger partial charge in [-0.25, -0.2) is 9.97 Å². The van der Waals surface area contributed by atoms with E-state index in [-0.39, 0.29) is 0 Å². The number of hydrogen-bond acceptors (Lipinski definition) is 5. The number of anilines is 1. The number of piperazine rings is 1. The van der Waals surface area contributed by atoms with Crippen molar-refractivity contribution < 1.29 is 5.11 Å². The Morgan fingerprint density at radius 1 is 1.00 bits per heavy atom. The Morgan fingerprint density at radius 3 is 2.36 bits per heavy atom. The average Bonchev–Trinajstić information content (AvgIpc) is 2.96. The molecule has 2 aromatic heterocycles. The number of aromatic nitrogens is 3. The van der Waals surface area contributed by atoms with Gasteiger partial charge < -0.3 is 15.0 Å². The summed E-state index contributed by atoms with van der Waals surface area (Å²) >= 11 is 0. The van der Waals surface area contributed by atoms with E-state index in [1.54, 1.807) is 0 Å². The van der Waals surface area contributed by atoms with Crippen LogP contribution in [0.5, 0.6) is 0 Å². The van der Waals surface area contributed by atoms with Gasteiger partial charge in [0.05, 0.1) is 6.10 Å². The van der Waals surface area contributed by atoms with Crippen LogP contribution in [-0.4, -0.2) is 57.7 Å². The van der Waals surface area contributed by atoms with Crippen LogP contribution in [-0.2, 0) is 0 Å². The van der Waals surface area contributed by atoms with E-state index in [0.717, 1.165) is 65.7 Å². The third kappa shape index (κ3) is 3.75. The zero-order valence-corrected chi connectivity index (χ0v) is 17.2. The molecule has 1 unspecified atom stereocenters. The van der Waals surface area contributed by atoms with Crippen molar-refractivity contribution in [1.29, 1.82) is 0 Å². The average molecular weight is 380 g/mol. The van der Waals surface area contributed by atoms with E-state index in [1.807, 2.05) is 26.8 Å². The zero-order chi connectivity index (χ0) is 19.8. The summed E-state index contributed by atoms with van der Waals surface area (Å²) in [5, 5.41) is 12.1. The molecule has 0 saturated carbocycles. The molecule has 1 fully saturated rings. The minimum Gasteiger partial charge on any atom is -0.387 e. The van der Waals surface area contributed by atoms with Gasteiger partial charge in [-0.15, -0.1) is 0 Å². The Kier molecular flexibility index (Phi) is 5.08. The van der Waals surface area contributed by atoms with Gasteiger partial charge >= 0.3 is 0 Å². The van der Waals surface area contributed by atoms with Crippen LogP contribution in [0.4, 0.5) is 5.95 Å². The van der Waals surface area contributed by atoms with Crippen LogP contribution < -0.4 is 4.90 Å². The minimum absolute atomic E-state index is 0.500. The van der Waals surface area contributed by atoms with Crippen molar-refractivity contribution in [2.45, 2.75) is 33.8 Å². The van der Waals surface area contributed by atoms with Gasteiger partial charge in [-0.2, -0.15) is 0 Å². The summed E-state index contributed by atoms with van der Waals surface area (Å²) in [7, 11) is 0. The number of rotatable bonds is 4. The molecular formula is C22H29N5O. The predicted molar refractivity (Wildman–Crippen MR) is 113 cm³/mol. The highest BCUT2D eigenvalue weighted by atomic mass is 16.3. The molecule has 1 aromatic carbocycles. The molecule has 0 aliphatic carbocycles. The molecule has 1 saturated heterocycles. The molecule has 0 amide bonds. The van der Waals surface area contributed by atoms with E-state index in [0.29, 0.717) is 6.54 Å². The highest BCUT2D eigenvalue weighted by molar-refractivity contribution is 5.85. The Bertz CT molecular complexity index is 968. The Labute approximate surface area is 166 Å². The molecule has 1 aliphatic heterocycles. The Morgan fingerprint density at radius 2 is 1.68 bits per heavy atom. The van der Waals surface area contributed by atoms with Crippen molar-refractivity contribution in [3.8, 4) is 0 Å². The van der Waals surface area contributed by atoms with Gasteiger partial charge in [-0.1, -0.05) is 12.1 Å². The second kappa shape index (κ2) is 7.53.